The van der Waals surface area contributed by atoms with Gasteiger partial charge in [0.05, 0.1) is 4.88 Å². The summed E-state index contributed by atoms with van der Waals surface area (Å²) < 4.78 is 2.40. The first-order valence-electron chi connectivity index (χ1n) is 4.78. The molecule has 2 nitrogen and oxygen atoms in total. The van der Waals surface area contributed by atoms with Crippen LogP contribution in [0.3, 0.4) is 0 Å². The van der Waals surface area contributed by atoms with Gasteiger partial charge in [0, 0.05) is 32.5 Å². The van der Waals surface area contributed by atoms with E-state index in [1.54, 1.807) is 17.7 Å². The quantitative estimate of drug-likeness (QED) is 0.674. The molecule has 3 rings (SSSR count). The summed E-state index contributed by atoms with van der Waals surface area (Å²) in [6.07, 6.45) is 5.22. The SMILES string of the molecule is Brc1c(-c2cncnc2)sc2ccccc12. The van der Waals surface area contributed by atoms with Gasteiger partial charge in [-0.05, 0) is 22.0 Å². The molecule has 0 aliphatic rings. The molecular formula is C12H7BrN2S. The molecule has 0 aliphatic carbocycles. The number of nitrogens with zero attached hydrogens (tertiary/aromatic N) is 2. The minimum atomic E-state index is 1.05. The highest BCUT2D eigenvalue weighted by atomic mass is 79.9. The normalized spacial score (nSPS) is 10.8. The van der Waals surface area contributed by atoms with Crippen molar-refractivity contribution in [3.63, 3.8) is 0 Å². The maximum absolute atomic E-state index is 4.05. The number of benzene rings is 1. The Morgan fingerprint density at radius 1 is 1.06 bits per heavy atom. The molecule has 0 saturated heterocycles. The lowest BCUT2D eigenvalue weighted by Gasteiger charge is -1.95. The molecule has 0 spiro atoms. The smallest absolute Gasteiger partial charge is 0.115 e. The number of hydrogen-bond acceptors (Lipinski definition) is 3. The monoisotopic (exact) mass is 290 g/mol. The predicted octanol–water partition coefficient (Wildman–Crippen LogP) is 4.12. The summed E-state index contributed by atoms with van der Waals surface area (Å²) in [6.45, 7) is 0. The van der Waals surface area contributed by atoms with Crippen LogP contribution < -0.4 is 0 Å². The number of halogens is 1. The fraction of sp³-hybridized carbons (Fsp3) is 0. The van der Waals surface area contributed by atoms with Crippen LogP contribution in [0.5, 0.6) is 0 Å². The highest BCUT2D eigenvalue weighted by molar-refractivity contribution is 9.10. The van der Waals surface area contributed by atoms with Crippen molar-refractivity contribution in [3.8, 4) is 10.4 Å². The van der Waals surface area contributed by atoms with Gasteiger partial charge in [-0.1, -0.05) is 18.2 Å². The number of thiophene rings is 1. The average molecular weight is 291 g/mol. The third-order valence-electron chi connectivity index (χ3n) is 2.36. The van der Waals surface area contributed by atoms with Gasteiger partial charge < -0.3 is 0 Å². The molecule has 1 aromatic carbocycles. The Morgan fingerprint density at radius 3 is 2.56 bits per heavy atom. The molecule has 0 radical (unpaired) electrons. The van der Waals surface area contributed by atoms with Gasteiger partial charge >= 0.3 is 0 Å². The Balaban J connectivity index is 2.29. The van der Waals surface area contributed by atoms with Crippen molar-refractivity contribution in [1.82, 2.24) is 9.97 Å². The van der Waals surface area contributed by atoms with E-state index in [2.05, 4.69) is 44.1 Å². The predicted molar refractivity (Wildman–Crippen MR) is 70.6 cm³/mol. The standard InChI is InChI=1S/C12H7BrN2S/c13-11-9-3-1-2-4-10(9)16-12(11)8-5-14-7-15-6-8/h1-7H. The second-order valence-electron chi connectivity index (χ2n) is 3.37. The van der Waals surface area contributed by atoms with E-state index in [9.17, 15) is 0 Å². The Labute approximate surface area is 105 Å². The van der Waals surface area contributed by atoms with Crippen LogP contribution >= 0.6 is 27.3 Å². The van der Waals surface area contributed by atoms with Crippen LogP contribution in [0.25, 0.3) is 20.5 Å². The molecule has 16 heavy (non-hydrogen) atoms. The number of hydrogen-bond donors (Lipinski definition) is 0. The fourth-order valence-electron chi connectivity index (χ4n) is 1.62. The maximum atomic E-state index is 4.05. The van der Waals surface area contributed by atoms with E-state index < -0.39 is 0 Å². The topological polar surface area (TPSA) is 25.8 Å². The van der Waals surface area contributed by atoms with E-state index in [-0.39, 0.29) is 0 Å². The Kier molecular flexibility index (Phi) is 2.46. The molecule has 0 N–H and O–H groups in total. The average Bonchev–Trinajstić information content (AvgIpc) is 2.69. The van der Waals surface area contributed by atoms with Crippen molar-refractivity contribution in [2.24, 2.45) is 0 Å². The molecule has 0 amide bonds. The number of rotatable bonds is 1. The molecule has 2 aromatic heterocycles. The summed E-state index contributed by atoms with van der Waals surface area (Å²) in [5.74, 6) is 0. The minimum Gasteiger partial charge on any atom is -0.244 e. The highest BCUT2D eigenvalue weighted by Crippen LogP contribution is 2.41. The molecule has 0 fully saturated rings. The van der Waals surface area contributed by atoms with E-state index >= 15 is 0 Å². The molecule has 2 heterocycles. The van der Waals surface area contributed by atoms with E-state index in [4.69, 9.17) is 0 Å². The summed E-state index contributed by atoms with van der Waals surface area (Å²) in [4.78, 5) is 9.28. The van der Waals surface area contributed by atoms with Crippen LogP contribution in [0, 0.1) is 0 Å². The molecule has 3 aromatic rings. The van der Waals surface area contributed by atoms with Crippen LogP contribution in [0.15, 0.2) is 47.5 Å². The molecule has 4 heteroatoms. The third-order valence-corrected chi connectivity index (χ3v) is 4.66. The van der Waals surface area contributed by atoms with E-state index in [0.717, 1.165) is 10.0 Å². The Hall–Kier alpha value is -1.26. The zero-order valence-electron chi connectivity index (χ0n) is 8.22. The van der Waals surface area contributed by atoms with Crippen molar-refractivity contribution in [2.75, 3.05) is 0 Å². The zero-order chi connectivity index (χ0) is 11.0. The van der Waals surface area contributed by atoms with E-state index in [1.165, 1.54) is 15.0 Å². The number of fused-ring (bicyclic) bond motifs is 1. The second-order valence-corrected chi connectivity index (χ2v) is 5.21. The van der Waals surface area contributed by atoms with Crippen molar-refractivity contribution >= 4 is 37.4 Å². The van der Waals surface area contributed by atoms with Crippen molar-refractivity contribution in [2.45, 2.75) is 0 Å². The van der Waals surface area contributed by atoms with Crippen molar-refractivity contribution in [1.29, 1.82) is 0 Å². The third kappa shape index (κ3) is 1.54. The lowest BCUT2D eigenvalue weighted by molar-refractivity contribution is 1.17. The van der Waals surface area contributed by atoms with E-state index in [1.807, 2.05) is 18.5 Å². The maximum Gasteiger partial charge on any atom is 0.115 e. The number of aromatic nitrogens is 2. The van der Waals surface area contributed by atoms with Crippen molar-refractivity contribution in [3.05, 3.63) is 47.5 Å². The van der Waals surface area contributed by atoms with E-state index in [0.29, 0.717) is 0 Å². The summed E-state index contributed by atoms with van der Waals surface area (Å²) in [5.41, 5.74) is 1.05. The summed E-state index contributed by atoms with van der Waals surface area (Å²) in [6, 6.07) is 8.34. The van der Waals surface area contributed by atoms with Gasteiger partial charge in [-0.25, -0.2) is 9.97 Å². The van der Waals surface area contributed by atoms with Crippen LogP contribution in [-0.2, 0) is 0 Å². The molecule has 0 unspecified atom stereocenters. The van der Waals surface area contributed by atoms with Gasteiger partial charge in [-0.2, -0.15) is 0 Å². The summed E-state index contributed by atoms with van der Waals surface area (Å²) in [7, 11) is 0. The van der Waals surface area contributed by atoms with Crippen molar-refractivity contribution < 1.29 is 0 Å². The van der Waals surface area contributed by atoms with Gasteiger partial charge in [0.15, 0.2) is 0 Å². The van der Waals surface area contributed by atoms with Gasteiger partial charge in [0.1, 0.15) is 6.33 Å². The summed E-state index contributed by atoms with van der Waals surface area (Å²) in [5, 5.41) is 1.24. The molecular weight excluding hydrogens is 284 g/mol. The molecule has 78 valence electrons. The van der Waals surface area contributed by atoms with Crippen LogP contribution in [0.2, 0.25) is 0 Å². The summed E-state index contributed by atoms with van der Waals surface area (Å²) >= 11 is 5.39. The first-order chi connectivity index (χ1) is 7.86. The zero-order valence-corrected chi connectivity index (χ0v) is 10.6. The second kappa shape index (κ2) is 3.96. The lowest BCUT2D eigenvalue weighted by atomic mass is 10.2. The molecule has 0 atom stereocenters. The Bertz CT molecular complexity index is 634. The molecule has 0 saturated carbocycles. The molecule has 0 aliphatic heterocycles. The van der Waals surface area contributed by atoms with Crippen LogP contribution in [0.1, 0.15) is 0 Å². The van der Waals surface area contributed by atoms with Gasteiger partial charge in [0.25, 0.3) is 0 Å². The van der Waals surface area contributed by atoms with Crippen LogP contribution in [0.4, 0.5) is 0 Å². The van der Waals surface area contributed by atoms with Gasteiger partial charge in [-0.15, -0.1) is 11.3 Å². The van der Waals surface area contributed by atoms with Gasteiger partial charge in [0.2, 0.25) is 0 Å². The highest BCUT2D eigenvalue weighted by Gasteiger charge is 2.11. The first-order valence-corrected chi connectivity index (χ1v) is 6.39. The van der Waals surface area contributed by atoms with Gasteiger partial charge in [-0.3, -0.25) is 0 Å². The lowest BCUT2D eigenvalue weighted by Crippen LogP contribution is -1.78. The minimum absolute atomic E-state index is 1.05. The molecule has 0 bridgehead atoms. The van der Waals surface area contributed by atoms with Crippen LogP contribution in [-0.4, -0.2) is 9.97 Å². The Morgan fingerprint density at radius 2 is 1.81 bits per heavy atom. The fourth-order valence-corrected chi connectivity index (χ4v) is 3.63. The largest absolute Gasteiger partial charge is 0.244 e. The first kappa shape index (κ1) is 9.93.